The van der Waals surface area contributed by atoms with E-state index in [0.717, 1.165) is 0 Å². The molecular formula is C17H15Cl2FN2O2S. The third kappa shape index (κ3) is 6.23. The molecule has 0 spiro atoms. The molecule has 0 unspecified atom stereocenters. The van der Waals surface area contributed by atoms with Crippen molar-refractivity contribution in [3.63, 3.8) is 0 Å². The summed E-state index contributed by atoms with van der Waals surface area (Å²) in [4.78, 5) is 24.1. The van der Waals surface area contributed by atoms with Crippen LogP contribution in [-0.2, 0) is 9.59 Å². The number of halogens is 3. The van der Waals surface area contributed by atoms with Gasteiger partial charge in [0.25, 0.3) is 0 Å². The van der Waals surface area contributed by atoms with Gasteiger partial charge in [-0.1, -0.05) is 23.2 Å². The number of carbonyl (C=O) groups is 2. The van der Waals surface area contributed by atoms with Crippen LogP contribution < -0.4 is 10.6 Å². The molecule has 2 amide bonds. The zero-order chi connectivity index (χ0) is 18.4. The van der Waals surface area contributed by atoms with E-state index in [1.807, 2.05) is 0 Å². The van der Waals surface area contributed by atoms with Gasteiger partial charge in [-0.3, -0.25) is 9.59 Å². The molecule has 8 heteroatoms. The molecule has 2 N–H and O–H groups in total. The molecule has 2 aromatic carbocycles. The summed E-state index contributed by atoms with van der Waals surface area (Å²) in [6.07, 6.45) is 0. The molecule has 2 aromatic rings. The van der Waals surface area contributed by atoms with E-state index >= 15 is 0 Å². The molecule has 0 aliphatic heterocycles. The first kappa shape index (κ1) is 19.6. The Kier molecular flexibility index (Phi) is 7.11. The number of hydrogen-bond donors (Lipinski definition) is 2. The fourth-order valence-electron chi connectivity index (χ4n) is 1.83. The van der Waals surface area contributed by atoms with Crippen molar-refractivity contribution < 1.29 is 14.0 Å². The normalized spacial score (nSPS) is 11.7. The Labute approximate surface area is 159 Å². The van der Waals surface area contributed by atoms with Crippen LogP contribution in [0, 0.1) is 5.82 Å². The van der Waals surface area contributed by atoms with Gasteiger partial charge in [-0.15, -0.1) is 11.8 Å². The van der Waals surface area contributed by atoms with Gasteiger partial charge in [-0.25, -0.2) is 4.39 Å². The van der Waals surface area contributed by atoms with E-state index in [1.54, 1.807) is 25.1 Å². The maximum absolute atomic E-state index is 12.8. The topological polar surface area (TPSA) is 58.2 Å². The highest BCUT2D eigenvalue weighted by Gasteiger charge is 2.16. The molecule has 0 radical (unpaired) electrons. The summed E-state index contributed by atoms with van der Waals surface area (Å²) in [7, 11) is 0. The molecular weight excluding hydrogens is 386 g/mol. The monoisotopic (exact) mass is 400 g/mol. The summed E-state index contributed by atoms with van der Waals surface area (Å²) in [6.45, 7) is 1.68. The van der Waals surface area contributed by atoms with Crippen molar-refractivity contribution in [1.29, 1.82) is 0 Å². The Morgan fingerprint density at radius 2 is 1.80 bits per heavy atom. The molecule has 1 atom stereocenters. The van der Waals surface area contributed by atoms with Gasteiger partial charge < -0.3 is 10.6 Å². The second-order valence-corrected chi connectivity index (χ2v) is 7.29. The van der Waals surface area contributed by atoms with Crippen LogP contribution >= 0.6 is 35.0 Å². The van der Waals surface area contributed by atoms with E-state index in [-0.39, 0.29) is 23.4 Å². The van der Waals surface area contributed by atoms with Gasteiger partial charge in [0.15, 0.2) is 0 Å². The number of hydrogen-bond acceptors (Lipinski definition) is 3. The summed E-state index contributed by atoms with van der Waals surface area (Å²) >= 11 is 13.1. The fraction of sp³-hybridized carbons (Fsp3) is 0.176. The minimum Gasteiger partial charge on any atom is -0.325 e. The maximum Gasteiger partial charge on any atom is 0.237 e. The SMILES string of the molecule is C[C@@H](SCC(=O)Nc1ccc(F)cc1)C(=O)Nc1cc(Cl)ccc1Cl. The standard InChI is InChI=1S/C17H15Cl2FN2O2S/c1-10(17(24)22-15-8-11(18)2-7-14(15)19)25-9-16(23)21-13-5-3-12(20)4-6-13/h2-8,10H,9H2,1H3,(H,21,23)(H,22,24)/t10-/m1/s1. The molecule has 0 saturated heterocycles. The van der Waals surface area contributed by atoms with Crippen LogP contribution in [0.1, 0.15) is 6.92 Å². The lowest BCUT2D eigenvalue weighted by Crippen LogP contribution is -2.25. The lowest BCUT2D eigenvalue weighted by Gasteiger charge is -2.13. The number of carbonyl (C=O) groups excluding carboxylic acids is 2. The van der Waals surface area contributed by atoms with Crippen LogP contribution in [0.3, 0.4) is 0 Å². The first-order valence-corrected chi connectivity index (χ1v) is 9.08. The molecule has 0 aliphatic rings. The number of anilines is 2. The maximum atomic E-state index is 12.8. The number of amides is 2. The van der Waals surface area contributed by atoms with Gasteiger partial charge in [-0.2, -0.15) is 0 Å². The van der Waals surface area contributed by atoms with Crippen LogP contribution in [0.5, 0.6) is 0 Å². The van der Waals surface area contributed by atoms with Gasteiger partial charge in [0, 0.05) is 10.7 Å². The molecule has 0 aliphatic carbocycles. The number of benzene rings is 2. The summed E-state index contributed by atoms with van der Waals surface area (Å²) in [6, 6.07) is 10.2. The Bertz CT molecular complexity index is 772. The minimum absolute atomic E-state index is 0.0786. The third-order valence-corrected chi connectivity index (χ3v) is 4.86. The van der Waals surface area contributed by atoms with Crippen LogP contribution in [0.2, 0.25) is 10.0 Å². The van der Waals surface area contributed by atoms with Gasteiger partial charge in [-0.05, 0) is 49.4 Å². The predicted molar refractivity (Wildman–Crippen MR) is 102 cm³/mol. The van der Waals surface area contributed by atoms with Crippen molar-refractivity contribution in [2.45, 2.75) is 12.2 Å². The zero-order valence-corrected chi connectivity index (χ0v) is 15.5. The highest BCUT2D eigenvalue weighted by molar-refractivity contribution is 8.01. The molecule has 0 heterocycles. The van der Waals surface area contributed by atoms with Crippen molar-refractivity contribution in [2.75, 3.05) is 16.4 Å². The molecule has 2 rings (SSSR count). The Morgan fingerprint density at radius 3 is 2.48 bits per heavy atom. The lowest BCUT2D eigenvalue weighted by atomic mass is 10.3. The van der Waals surface area contributed by atoms with Gasteiger partial charge in [0.05, 0.1) is 21.7 Å². The molecule has 4 nitrogen and oxygen atoms in total. The van der Waals surface area contributed by atoms with E-state index in [1.165, 1.54) is 36.0 Å². The van der Waals surface area contributed by atoms with Gasteiger partial charge >= 0.3 is 0 Å². The average molecular weight is 401 g/mol. The summed E-state index contributed by atoms with van der Waals surface area (Å²) in [5.74, 6) is -0.868. The first-order chi connectivity index (χ1) is 11.8. The van der Waals surface area contributed by atoms with E-state index in [4.69, 9.17) is 23.2 Å². The molecule has 0 saturated carbocycles. The number of nitrogens with one attached hydrogen (secondary N) is 2. The highest BCUT2D eigenvalue weighted by atomic mass is 35.5. The van der Waals surface area contributed by atoms with Crippen molar-refractivity contribution in [3.05, 3.63) is 58.3 Å². The lowest BCUT2D eigenvalue weighted by molar-refractivity contribution is -0.115. The quantitative estimate of drug-likeness (QED) is 0.729. The fourth-order valence-corrected chi connectivity index (χ4v) is 2.86. The van der Waals surface area contributed by atoms with E-state index in [0.29, 0.717) is 21.4 Å². The van der Waals surface area contributed by atoms with Crippen molar-refractivity contribution in [1.82, 2.24) is 0 Å². The summed E-state index contributed by atoms with van der Waals surface area (Å²) in [5, 5.41) is 5.67. The van der Waals surface area contributed by atoms with Crippen LogP contribution in [0.4, 0.5) is 15.8 Å². The van der Waals surface area contributed by atoms with Gasteiger partial charge in [0.2, 0.25) is 11.8 Å². The molecule has 0 aromatic heterocycles. The predicted octanol–water partition coefficient (Wildman–Crippen LogP) is 4.83. The third-order valence-electron chi connectivity index (χ3n) is 3.15. The zero-order valence-electron chi connectivity index (χ0n) is 13.2. The van der Waals surface area contributed by atoms with Crippen molar-refractivity contribution in [2.24, 2.45) is 0 Å². The first-order valence-electron chi connectivity index (χ1n) is 7.28. The van der Waals surface area contributed by atoms with E-state index in [2.05, 4.69) is 10.6 Å². The summed E-state index contributed by atoms with van der Waals surface area (Å²) < 4.78 is 12.8. The van der Waals surface area contributed by atoms with Crippen LogP contribution in [0.25, 0.3) is 0 Å². The summed E-state index contributed by atoms with van der Waals surface area (Å²) in [5.41, 5.74) is 0.914. The largest absolute Gasteiger partial charge is 0.325 e. The van der Waals surface area contributed by atoms with Crippen molar-refractivity contribution in [3.8, 4) is 0 Å². The second kappa shape index (κ2) is 9.08. The highest BCUT2D eigenvalue weighted by Crippen LogP contribution is 2.26. The smallest absolute Gasteiger partial charge is 0.237 e. The molecule has 0 fully saturated rings. The van der Waals surface area contributed by atoms with Crippen LogP contribution in [0.15, 0.2) is 42.5 Å². The number of rotatable bonds is 6. The van der Waals surface area contributed by atoms with Crippen LogP contribution in [-0.4, -0.2) is 22.8 Å². The Morgan fingerprint density at radius 1 is 1.12 bits per heavy atom. The average Bonchev–Trinajstić information content (AvgIpc) is 2.58. The van der Waals surface area contributed by atoms with E-state index in [9.17, 15) is 14.0 Å². The Balaban J connectivity index is 1.83. The minimum atomic E-state index is -0.478. The number of thioether (sulfide) groups is 1. The molecule has 0 bridgehead atoms. The van der Waals surface area contributed by atoms with Crippen molar-refractivity contribution >= 4 is 58.2 Å². The second-order valence-electron chi connectivity index (χ2n) is 5.12. The Hall–Kier alpha value is -1.76. The molecule has 25 heavy (non-hydrogen) atoms. The van der Waals surface area contributed by atoms with Gasteiger partial charge in [0.1, 0.15) is 5.82 Å². The van der Waals surface area contributed by atoms with E-state index < -0.39 is 5.25 Å². The molecule has 132 valence electrons.